The minimum atomic E-state index is -3.80. The van der Waals surface area contributed by atoms with Crippen LogP contribution in [-0.2, 0) is 14.6 Å². The van der Waals surface area contributed by atoms with Gasteiger partial charge < -0.3 is 14.9 Å². The minimum absolute atomic E-state index is 0.00275. The summed E-state index contributed by atoms with van der Waals surface area (Å²) in [4.78, 5) is 38.1. The summed E-state index contributed by atoms with van der Waals surface area (Å²) in [5.41, 5.74) is -1.31. The number of halogens is 2. The third-order valence-electron chi connectivity index (χ3n) is 6.92. The molecule has 0 radical (unpaired) electrons. The fourth-order valence-corrected chi connectivity index (χ4v) is 6.13. The number of phenols is 1. The molecule has 2 aromatic heterocycles. The highest BCUT2D eigenvalue weighted by molar-refractivity contribution is 7.90. The van der Waals surface area contributed by atoms with Crippen molar-refractivity contribution in [2.45, 2.75) is 17.9 Å². The quantitative estimate of drug-likeness (QED) is 0.346. The molecule has 0 spiro atoms. The van der Waals surface area contributed by atoms with Gasteiger partial charge in [0.25, 0.3) is 0 Å². The highest BCUT2D eigenvalue weighted by atomic mass is 35.5. The number of fused-ring (bicyclic) bond motifs is 1. The van der Waals surface area contributed by atoms with E-state index in [0.29, 0.717) is 19.6 Å². The fraction of sp³-hybridized carbons (Fsp3) is 0.214. The Kier molecular flexibility index (Phi) is 7.30. The van der Waals surface area contributed by atoms with Gasteiger partial charge in [-0.15, -0.1) is 0 Å². The highest BCUT2D eigenvalue weighted by Gasteiger charge is 2.30. The summed E-state index contributed by atoms with van der Waals surface area (Å²) in [6.45, 7) is 6.38. The molecule has 212 valence electrons. The number of hydrogen-bond donors (Lipinski definition) is 1. The Morgan fingerprint density at radius 2 is 1.90 bits per heavy atom. The predicted octanol–water partition coefficient (Wildman–Crippen LogP) is 3.57. The van der Waals surface area contributed by atoms with Gasteiger partial charge in [-0.1, -0.05) is 36.4 Å². The summed E-state index contributed by atoms with van der Waals surface area (Å²) in [5, 5.41) is 10.7. The van der Waals surface area contributed by atoms with Gasteiger partial charge in [-0.05, 0) is 43.3 Å². The molecule has 1 saturated heterocycles. The standard InChI is InChI=1S/C28H25ClFN5O5S/c1-4-23(37)33-12-13-34(16(2)15-33)26-17-14-18(29)25(24-19(30)8-7-10-21(24)36)31-27(17)35(28(38)32-26)20-9-5-6-11-22(20)41(3,39)40/h4-11,14,16,36H,1,12-13,15H2,2-3H3/t16-/m0/s1. The van der Waals surface area contributed by atoms with Gasteiger partial charge in [-0.25, -0.2) is 27.2 Å². The van der Waals surface area contributed by atoms with Gasteiger partial charge in [-0.3, -0.25) is 4.79 Å². The molecule has 0 bridgehead atoms. The second-order valence-electron chi connectivity index (χ2n) is 9.65. The molecule has 1 N–H and O–H groups in total. The van der Waals surface area contributed by atoms with E-state index in [1.54, 1.807) is 11.0 Å². The number of aromatic nitrogens is 3. The molecule has 1 amide bonds. The maximum atomic E-state index is 14.9. The Hall–Kier alpha value is -4.29. The Balaban J connectivity index is 1.83. The van der Waals surface area contributed by atoms with E-state index >= 15 is 0 Å². The molecule has 2 aromatic carbocycles. The van der Waals surface area contributed by atoms with E-state index in [0.717, 1.165) is 16.9 Å². The third-order valence-corrected chi connectivity index (χ3v) is 8.35. The average Bonchev–Trinajstić information content (AvgIpc) is 2.92. The molecule has 1 aliphatic heterocycles. The molecule has 1 fully saturated rings. The van der Waals surface area contributed by atoms with Gasteiger partial charge >= 0.3 is 5.69 Å². The number of benzene rings is 2. The maximum absolute atomic E-state index is 14.9. The molecule has 10 nitrogen and oxygen atoms in total. The number of phenolic OH excluding ortho intramolecular Hbond substituents is 1. The minimum Gasteiger partial charge on any atom is -0.507 e. The molecular weight excluding hydrogens is 573 g/mol. The van der Waals surface area contributed by atoms with E-state index in [-0.39, 0.29) is 55.7 Å². The number of para-hydroxylation sites is 1. The van der Waals surface area contributed by atoms with Crippen molar-refractivity contribution in [2.75, 3.05) is 30.8 Å². The van der Waals surface area contributed by atoms with Crippen LogP contribution in [0.5, 0.6) is 5.75 Å². The second kappa shape index (κ2) is 10.6. The SMILES string of the molecule is C=CC(=O)N1CCN(c2nc(=O)n(-c3ccccc3S(C)(=O)=O)c3nc(-c4c(O)cccc4F)c(Cl)cc23)[C@@H](C)C1. The van der Waals surface area contributed by atoms with E-state index in [1.807, 2.05) is 11.8 Å². The zero-order chi connectivity index (χ0) is 29.6. The van der Waals surface area contributed by atoms with Crippen LogP contribution in [0.1, 0.15) is 6.92 Å². The van der Waals surface area contributed by atoms with Crippen LogP contribution in [0.15, 0.2) is 70.9 Å². The van der Waals surface area contributed by atoms with Crippen LogP contribution in [0.3, 0.4) is 0 Å². The first-order valence-electron chi connectivity index (χ1n) is 12.5. The van der Waals surface area contributed by atoms with Crippen molar-refractivity contribution < 1.29 is 22.7 Å². The van der Waals surface area contributed by atoms with Crippen LogP contribution in [-0.4, -0.2) is 70.8 Å². The first-order valence-corrected chi connectivity index (χ1v) is 14.8. The van der Waals surface area contributed by atoms with Gasteiger partial charge in [0.15, 0.2) is 15.5 Å². The molecule has 1 atom stereocenters. The summed E-state index contributed by atoms with van der Waals surface area (Å²) in [7, 11) is -3.80. The van der Waals surface area contributed by atoms with Gasteiger partial charge in [0.1, 0.15) is 17.4 Å². The monoisotopic (exact) mass is 597 g/mol. The molecule has 0 saturated carbocycles. The molecule has 41 heavy (non-hydrogen) atoms. The van der Waals surface area contributed by atoms with Gasteiger partial charge in [0.2, 0.25) is 5.91 Å². The number of aromatic hydroxyl groups is 1. The van der Waals surface area contributed by atoms with Crippen LogP contribution in [0, 0.1) is 5.82 Å². The molecule has 0 unspecified atom stereocenters. The van der Waals surface area contributed by atoms with Gasteiger partial charge in [0.05, 0.1) is 32.2 Å². The number of amides is 1. The van der Waals surface area contributed by atoms with Crippen molar-refractivity contribution in [3.63, 3.8) is 0 Å². The Morgan fingerprint density at radius 3 is 2.56 bits per heavy atom. The zero-order valence-electron chi connectivity index (χ0n) is 22.1. The van der Waals surface area contributed by atoms with E-state index in [2.05, 4.69) is 16.5 Å². The smallest absolute Gasteiger partial charge is 0.355 e. The summed E-state index contributed by atoms with van der Waals surface area (Å²) < 4.78 is 41.3. The Morgan fingerprint density at radius 1 is 1.17 bits per heavy atom. The van der Waals surface area contributed by atoms with E-state index < -0.39 is 27.1 Å². The topological polar surface area (TPSA) is 126 Å². The molecule has 13 heteroatoms. The lowest BCUT2D eigenvalue weighted by Gasteiger charge is -2.40. The van der Waals surface area contributed by atoms with Crippen LogP contribution in [0.2, 0.25) is 5.02 Å². The number of carbonyl (C=O) groups excluding carboxylic acids is 1. The van der Waals surface area contributed by atoms with Gasteiger partial charge in [0, 0.05) is 31.9 Å². The summed E-state index contributed by atoms with van der Waals surface area (Å²) >= 11 is 6.62. The number of anilines is 1. The van der Waals surface area contributed by atoms with Crippen LogP contribution in [0.25, 0.3) is 28.0 Å². The van der Waals surface area contributed by atoms with Crippen LogP contribution in [0.4, 0.5) is 10.2 Å². The number of nitrogens with zero attached hydrogens (tertiary/aromatic N) is 5. The van der Waals surface area contributed by atoms with Crippen LogP contribution >= 0.6 is 11.6 Å². The number of pyridine rings is 1. The lowest BCUT2D eigenvalue weighted by Crippen LogP contribution is -2.54. The number of rotatable bonds is 5. The maximum Gasteiger partial charge on any atom is 0.355 e. The van der Waals surface area contributed by atoms with Crippen molar-refractivity contribution >= 4 is 44.2 Å². The fourth-order valence-electron chi connectivity index (χ4n) is 5.02. The van der Waals surface area contributed by atoms with Crippen molar-refractivity contribution in [1.82, 2.24) is 19.4 Å². The molecule has 4 aromatic rings. The average molecular weight is 598 g/mol. The summed E-state index contributed by atoms with van der Waals surface area (Å²) in [6.07, 6.45) is 2.25. The first-order chi connectivity index (χ1) is 19.4. The molecule has 3 heterocycles. The molecule has 0 aliphatic carbocycles. The molecule has 1 aliphatic rings. The van der Waals surface area contributed by atoms with E-state index in [9.17, 15) is 27.5 Å². The van der Waals surface area contributed by atoms with Crippen molar-refractivity contribution in [2.24, 2.45) is 0 Å². The van der Waals surface area contributed by atoms with Crippen LogP contribution < -0.4 is 10.6 Å². The number of carbonyl (C=O) groups is 1. The lowest BCUT2D eigenvalue weighted by molar-refractivity contribution is -0.126. The Labute approximate surface area is 239 Å². The third kappa shape index (κ3) is 5.04. The summed E-state index contributed by atoms with van der Waals surface area (Å²) in [5.74, 6) is -1.22. The van der Waals surface area contributed by atoms with Gasteiger partial charge in [-0.2, -0.15) is 4.98 Å². The first kappa shape index (κ1) is 28.2. The van der Waals surface area contributed by atoms with Crippen molar-refractivity contribution in [3.8, 4) is 22.7 Å². The number of hydrogen-bond acceptors (Lipinski definition) is 8. The van der Waals surface area contributed by atoms with E-state index in [1.165, 1.54) is 42.5 Å². The zero-order valence-corrected chi connectivity index (χ0v) is 23.7. The normalized spacial score (nSPS) is 15.8. The number of piperazine rings is 1. The largest absolute Gasteiger partial charge is 0.507 e. The second-order valence-corrected chi connectivity index (χ2v) is 12.0. The predicted molar refractivity (Wildman–Crippen MR) is 154 cm³/mol. The Bertz CT molecular complexity index is 1880. The molecular formula is C28H25ClFN5O5S. The van der Waals surface area contributed by atoms with Crippen molar-refractivity contribution in [1.29, 1.82) is 0 Å². The molecule has 5 rings (SSSR count). The number of sulfone groups is 1. The highest BCUT2D eigenvalue weighted by Crippen LogP contribution is 2.39. The lowest BCUT2D eigenvalue weighted by atomic mass is 10.1. The van der Waals surface area contributed by atoms with E-state index in [4.69, 9.17) is 11.6 Å². The summed E-state index contributed by atoms with van der Waals surface area (Å²) in [6, 6.07) is 10.8. The van der Waals surface area contributed by atoms with Crippen molar-refractivity contribution in [3.05, 3.63) is 82.5 Å².